The molecule has 3 aromatic carbocycles. The fourth-order valence-electron chi connectivity index (χ4n) is 2.97. The molecule has 4 rings (SSSR count). The SMILES string of the molecule is CS(=O)(=O)c1ccc2nc(NC(=O)C(=Cc3ccccc3)c3ccccc3)sc2c1. The lowest BCUT2D eigenvalue weighted by molar-refractivity contribution is -0.111. The number of sulfone groups is 1. The molecule has 1 heterocycles. The minimum Gasteiger partial charge on any atom is -0.298 e. The smallest absolute Gasteiger partial charge is 0.258 e. The van der Waals surface area contributed by atoms with Crippen molar-refractivity contribution < 1.29 is 13.2 Å². The van der Waals surface area contributed by atoms with Gasteiger partial charge in [-0.15, -0.1) is 0 Å². The Labute approximate surface area is 178 Å². The topological polar surface area (TPSA) is 76.1 Å². The van der Waals surface area contributed by atoms with Crippen molar-refractivity contribution >= 4 is 54.1 Å². The summed E-state index contributed by atoms with van der Waals surface area (Å²) in [7, 11) is -3.31. The lowest BCUT2D eigenvalue weighted by Gasteiger charge is -2.08. The summed E-state index contributed by atoms with van der Waals surface area (Å²) in [6.45, 7) is 0. The van der Waals surface area contributed by atoms with Gasteiger partial charge in [-0.1, -0.05) is 72.0 Å². The average Bonchev–Trinajstić information content (AvgIpc) is 3.14. The largest absolute Gasteiger partial charge is 0.298 e. The summed E-state index contributed by atoms with van der Waals surface area (Å²) in [5.74, 6) is -0.285. The van der Waals surface area contributed by atoms with Crippen molar-refractivity contribution in [2.75, 3.05) is 11.6 Å². The molecule has 0 aliphatic carbocycles. The fraction of sp³-hybridized carbons (Fsp3) is 0.0435. The average molecular weight is 435 g/mol. The van der Waals surface area contributed by atoms with Gasteiger partial charge in [0.1, 0.15) is 0 Å². The predicted molar refractivity (Wildman–Crippen MR) is 122 cm³/mol. The number of hydrogen-bond donors (Lipinski definition) is 1. The summed E-state index contributed by atoms with van der Waals surface area (Å²) in [4.78, 5) is 17.8. The van der Waals surface area contributed by atoms with Crippen molar-refractivity contribution in [1.29, 1.82) is 0 Å². The number of carbonyl (C=O) groups excluding carboxylic acids is 1. The number of thiazole rings is 1. The number of benzene rings is 3. The third-order valence-corrected chi connectivity index (χ3v) is 6.49. The second-order valence-electron chi connectivity index (χ2n) is 6.71. The third-order valence-electron chi connectivity index (χ3n) is 4.45. The van der Waals surface area contributed by atoms with Crippen molar-refractivity contribution in [1.82, 2.24) is 4.98 Å². The van der Waals surface area contributed by atoms with E-state index in [-0.39, 0.29) is 10.8 Å². The molecule has 1 N–H and O–H groups in total. The van der Waals surface area contributed by atoms with E-state index in [0.29, 0.717) is 20.9 Å². The quantitative estimate of drug-likeness (QED) is 0.359. The Morgan fingerprint density at radius 2 is 1.63 bits per heavy atom. The molecule has 1 amide bonds. The van der Waals surface area contributed by atoms with E-state index in [9.17, 15) is 13.2 Å². The molecule has 0 unspecified atom stereocenters. The first-order valence-corrected chi connectivity index (χ1v) is 11.8. The summed E-state index contributed by atoms with van der Waals surface area (Å²) in [5.41, 5.74) is 2.85. The van der Waals surface area contributed by atoms with Gasteiger partial charge in [0.15, 0.2) is 15.0 Å². The Bertz CT molecular complexity index is 1340. The molecule has 4 aromatic rings. The second-order valence-corrected chi connectivity index (χ2v) is 9.76. The molecule has 30 heavy (non-hydrogen) atoms. The highest BCUT2D eigenvalue weighted by Gasteiger charge is 2.16. The van der Waals surface area contributed by atoms with Crippen LogP contribution in [0.4, 0.5) is 5.13 Å². The summed E-state index contributed by atoms with van der Waals surface area (Å²) in [6, 6.07) is 23.8. The molecule has 0 aliphatic rings. The Kier molecular flexibility index (Phi) is 5.48. The van der Waals surface area contributed by atoms with E-state index in [1.807, 2.05) is 66.7 Å². The van der Waals surface area contributed by atoms with Gasteiger partial charge in [0.2, 0.25) is 0 Å². The van der Waals surface area contributed by atoms with Crippen LogP contribution >= 0.6 is 11.3 Å². The molecule has 0 atom stereocenters. The molecule has 0 radical (unpaired) electrons. The van der Waals surface area contributed by atoms with Gasteiger partial charge in [-0.3, -0.25) is 10.1 Å². The van der Waals surface area contributed by atoms with Crippen LogP contribution in [0.1, 0.15) is 11.1 Å². The first kappa shape index (κ1) is 20.0. The molecule has 0 spiro atoms. The highest BCUT2D eigenvalue weighted by molar-refractivity contribution is 7.90. The highest BCUT2D eigenvalue weighted by Crippen LogP contribution is 2.29. The highest BCUT2D eigenvalue weighted by atomic mass is 32.2. The summed E-state index contributed by atoms with van der Waals surface area (Å²) >= 11 is 1.24. The van der Waals surface area contributed by atoms with Crippen molar-refractivity contribution in [3.8, 4) is 0 Å². The lowest BCUT2D eigenvalue weighted by Crippen LogP contribution is -2.13. The van der Waals surface area contributed by atoms with Crippen LogP contribution in [-0.4, -0.2) is 25.6 Å². The van der Waals surface area contributed by atoms with E-state index in [4.69, 9.17) is 0 Å². The van der Waals surface area contributed by atoms with Crippen molar-refractivity contribution in [3.63, 3.8) is 0 Å². The van der Waals surface area contributed by atoms with Gasteiger partial charge in [-0.05, 0) is 35.4 Å². The normalized spacial score (nSPS) is 12.1. The minimum absolute atomic E-state index is 0.227. The molecular formula is C23H18N2O3S2. The summed E-state index contributed by atoms with van der Waals surface area (Å²) in [5, 5.41) is 3.27. The maximum Gasteiger partial charge on any atom is 0.258 e. The van der Waals surface area contributed by atoms with Crippen LogP contribution in [0.5, 0.6) is 0 Å². The number of aromatic nitrogens is 1. The Balaban J connectivity index is 1.68. The van der Waals surface area contributed by atoms with E-state index >= 15 is 0 Å². The van der Waals surface area contributed by atoms with Crippen LogP contribution in [0.2, 0.25) is 0 Å². The molecular weight excluding hydrogens is 416 g/mol. The number of fused-ring (bicyclic) bond motifs is 1. The summed E-state index contributed by atoms with van der Waals surface area (Å²) in [6.07, 6.45) is 3.00. The molecule has 150 valence electrons. The van der Waals surface area contributed by atoms with Gasteiger partial charge in [0.25, 0.3) is 5.91 Å². The Morgan fingerprint density at radius 1 is 0.967 bits per heavy atom. The van der Waals surface area contributed by atoms with Crippen molar-refractivity contribution in [2.45, 2.75) is 4.90 Å². The van der Waals surface area contributed by atoms with Gasteiger partial charge in [0, 0.05) is 11.8 Å². The zero-order valence-corrected chi connectivity index (χ0v) is 17.7. The number of rotatable bonds is 5. The number of nitrogens with one attached hydrogen (secondary N) is 1. The molecule has 1 aromatic heterocycles. The molecule has 0 saturated carbocycles. The molecule has 0 aliphatic heterocycles. The molecule has 0 saturated heterocycles. The van der Waals surface area contributed by atoms with Crippen LogP contribution in [0.3, 0.4) is 0 Å². The monoisotopic (exact) mass is 434 g/mol. The predicted octanol–water partition coefficient (Wildman–Crippen LogP) is 4.88. The number of anilines is 1. The minimum atomic E-state index is -3.31. The second kappa shape index (κ2) is 8.22. The van der Waals surface area contributed by atoms with Crippen LogP contribution in [-0.2, 0) is 14.6 Å². The molecule has 0 bridgehead atoms. The van der Waals surface area contributed by atoms with Gasteiger partial charge in [-0.25, -0.2) is 13.4 Å². The maximum absolute atomic E-state index is 13.1. The van der Waals surface area contributed by atoms with E-state index in [1.54, 1.807) is 12.1 Å². The Hall–Kier alpha value is -3.29. The summed E-state index contributed by atoms with van der Waals surface area (Å²) < 4.78 is 24.3. The van der Waals surface area contributed by atoms with Crippen LogP contribution < -0.4 is 5.32 Å². The molecule has 5 nitrogen and oxygen atoms in total. The third kappa shape index (κ3) is 4.48. The number of hydrogen-bond acceptors (Lipinski definition) is 5. The fourth-order valence-corrected chi connectivity index (χ4v) is 4.59. The van der Waals surface area contributed by atoms with Gasteiger partial charge >= 0.3 is 0 Å². The van der Waals surface area contributed by atoms with E-state index in [0.717, 1.165) is 11.1 Å². The number of amides is 1. The standard InChI is InChI=1S/C23H18N2O3S2/c1-30(27,28)18-12-13-20-21(15-18)29-23(24-20)25-22(26)19(17-10-6-3-7-11-17)14-16-8-4-2-5-9-16/h2-15H,1H3,(H,24,25,26). The van der Waals surface area contributed by atoms with Gasteiger partial charge in [0.05, 0.1) is 15.1 Å². The first-order valence-electron chi connectivity index (χ1n) is 9.14. The lowest BCUT2D eigenvalue weighted by atomic mass is 10.0. The van der Waals surface area contributed by atoms with Crippen LogP contribution in [0, 0.1) is 0 Å². The van der Waals surface area contributed by atoms with Crippen molar-refractivity contribution in [3.05, 3.63) is 90.0 Å². The van der Waals surface area contributed by atoms with Gasteiger partial charge in [-0.2, -0.15) is 0 Å². The van der Waals surface area contributed by atoms with E-state index in [1.165, 1.54) is 23.7 Å². The molecule has 7 heteroatoms. The van der Waals surface area contributed by atoms with Gasteiger partial charge < -0.3 is 0 Å². The van der Waals surface area contributed by atoms with Crippen molar-refractivity contribution in [2.24, 2.45) is 0 Å². The zero-order valence-electron chi connectivity index (χ0n) is 16.1. The van der Waals surface area contributed by atoms with E-state index < -0.39 is 9.84 Å². The maximum atomic E-state index is 13.1. The number of nitrogens with zero attached hydrogens (tertiary/aromatic N) is 1. The Morgan fingerprint density at radius 3 is 2.30 bits per heavy atom. The number of carbonyl (C=O) groups is 1. The van der Waals surface area contributed by atoms with E-state index in [2.05, 4.69) is 10.3 Å². The molecule has 0 fully saturated rings. The first-order chi connectivity index (χ1) is 14.4. The van der Waals surface area contributed by atoms with Crippen LogP contribution in [0.15, 0.2) is 83.8 Å². The van der Waals surface area contributed by atoms with Crippen LogP contribution in [0.25, 0.3) is 21.9 Å². The zero-order chi connectivity index (χ0) is 21.1.